The number of anilines is 2. The highest BCUT2D eigenvalue weighted by Crippen LogP contribution is 2.45. The van der Waals surface area contributed by atoms with Gasteiger partial charge < -0.3 is 20.7 Å². The van der Waals surface area contributed by atoms with Crippen molar-refractivity contribution >= 4 is 22.5 Å². The minimum absolute atomic E-state index is 0.0824. The van der Waals surface area contributed by atoms with Crippen molar-refractivity contribution in [3.63, 3.8) is 0 Å². The molecule has 0 aliphatic carbocycles. The van der Waals surface area contributed by atoms with E-state index in [2.05, 4.69) is 30.1 Å². The highest BCUT2D eigenvalue weighted by atomic mass is 19.4. The Kier molecular flexibility index (Phi) is 6.65. The van der Waals surface area contributed by atoms with Gasteiger partial charge in [-0.1, -0.05) is 0 Å². The standard InChI is InChI=1S/C31H35F5N8O/c1-15-10-21(37)40-26(23(15)31(34,35)36)27-24(33)25-22-19(39-27)4-2-5-20-18-7-6-17(38-18)13-44(20)28(22)42-29(41-25)45-14-30-8-3-9-43(30)12-16(32)11-30/h10,16-18,20,38H,2-9,11-14H2,1H3,(H2,37,40)/t16-,17-,18+,20-,30+/m1/s1. The number of rotatable bonds is 4. The monoisotopic (exact) mass is 630 g/mol. The summed E-state index contributed by atoms with van der Waals surface area (Å²) in [6.45, 7) is 3.17. The topological polar surface area (TPSA) is 105 Å². The maximum atomic E-state index is 16.8. The molecular formula is C31H35F5N8O. The van der Waals surface area contributed by atoms with Crippen molar-refractivity contribution < 1.29 is 26.7 Å². The normalized spacial score (nSPS) is 29.5. The number of hydrogen-bond donors (Lipinski definition) is 2. The molecule has 3 N–H and O–H groups in total. The van der Waals surface area contributed by atoms with Crippen molar-refractivity contribution in [3.05, 3.63) is 28.7 Å². The van der Waals surface area contributed by atoms with E-state index in [1.807, 2.05) is 0 Å². The van der Waals surface area contributed by atoms with Crippen LogP contribution in [0.4, 0.5) is 33.6 Å². The lowest BCUT2D eigenvalue weighted by molar-refractivity contribution is -0.137. The van der Waals surface area contributed by atoms with E-state index in [1.54, 1.807) is 0 Å². The van der Waals surface area contributed by atoms with Gasteiger partial charge in [-0.2, -0.15) is 23.1 Å². The number of halogens is 5. The number of aryl methyl sites for hydroxylation is 2. The molecule has 4 fully saturated rings. The highest BCUT2D eigenvalue weighted by Gasteiger charge is 2.50. The number of fused-ring (bicyclic) bond motifs is 6. The molecule has 3 aromatic heterocycles. The van der Waals surface area contributed by atoms with E-state index in [9.17, 15) is 17.6 Å². The number of alkyl halides is 4. The molecule has 240 valence electrons. The fourth-order valence-electron chi connectivity index (χ4n) is 8.66. The largest absolute Gasteiger partial charge is 0.461 e. The van der Waals surface area contributed by atoms with Crippen LogP contribution in [0.5, 0.6) is 6.01 Å². The summed E-state index contributed by atoms with van der Waals surface area (Å²) in [6, 6.07) is 1.62. The Morgan fingerprint density at radius 3 is 2.76 bits per heavy atom. The third-order valence-corrected chi connectivity index (χ3v) is 10.5. The summed E-state index contributed by atoms with van der Waals surface area (Å²) in [5, 5.41) is 4.08. The van der Waals surface area contributed by atoms with Gasteiger partial charge in [0, 0.05) is 37.6 Å². The quantitative estimate of drug-likeness (QED) is 0.396. The SMILES string of the molecule is Cc1cc(N)nc(-c2nc3c4c(nc(OC[C@@]56CCCN5C[C@H](F)C6)nc4c2F)N2C[C@H]4CC[C@H](N4)[C@H]2CCC3)c1C(F)(F)F. The fourth-order valence-corrected chi connectivity index (χ4v) is 8.66. The maximum absolute atomic E-state index is 16.8. The highest BCUT2D eigenvalue weighted by molar-refractivity contribution is 5.95. The molecule has 0 aromatic carbocycles. The van der Waals surface area contributed by atoms with Crippen LogP contribution >= 0.6 is 0 Å². The molecular weight excluding hydrogens is 595 g/mol. The van der Waals surface area contributed by atoms with E-state index in [1.165, 1.54) is 6.92 Å². The smallest absolute Gasteiger partial charge is 0.418 e. The summed E-state index contributed by atoms with van der Waals surface area (Å²) in [4.78, 5) is 22.2. The number of ether oxygens (including phenoxy) is 1. The van der Waals surface area contributed by atoms with Crippen molar-refractivity contribution in [1.82, 2.24) is 30.2 Å². The molecule has 3 aromatic rings. The third kappa shape index (κ3) is 4.69. The lowest BCUT2D eigenvalue weighted by Crippen LogP contribution is -2.58. The summed E-state index contributed by atoms with van der Waals surface area (Å²) < 4.78 is 80.5. The molecule has 14 heteroatoms. The minimum atomic E-state index is -4.82. The van der Waals surface area contributed by atoms with Gasteiger partial charge in [0.1, 0.15) is 41.3 Å². The van der Waals surface area contributed by atoms with Crippen molar-refractivity contribution in [2.75, 3.05) is 36.9 Å². The van der Waals surface area contributed by atoms with Gasteiger partial charge in [0.25, 0.3) is 0 Å². The van der Waals surface area contributed by atoms with E-state index in [4.69, 9.17) is 15.5 Å². The summed E-state index contributed by atoms with van der Waals surface area (Å²) in [7, 11) is 0. The van der Waals surface area contributed by atoms with Crippen LogP contribution in [0.25, 0.3) is 22.3 Å². The lowest BCUT2D eigenvalue weighted by Gasteiger charge is -2.43. The van der Waals surface area contributed by atoms with Crippen LogP contribution in [-0.4, -0.2) is 80.9 Å². The first-order valence-electron chi connectivity index (χ1n) is 15.8. The second kappa shape index (κ2) is 10.3. The van der Waals surface area contributed by atoms with Crippen LogP contribution in [0.2, 0.25) is 0 Å². The van der Waals surface area contributed by atoms with Gasteiger partial charge in [-0.3, -0.25) is 4.90 Å². The van der Waals surface area contributed by atoms with Crippen LogP contribution in [-0.2, 0) is 12.6 Å². The maximum Gasteiger partial charge on any atom is 0.418 e. The van der Waals surface area contributed by atoms with E-state index >= 15 is 4.39 Å². The molecule has 0 amide bonds. The molecule has 0 saturated carbocycles. The minimum Gasteiger partial charge on any atom is -0.461 e. The molecule has 8 heterocycles. The predicted octanol–water partition coefficient (Wildman–Crippen LogP) is 4.74. The zero-order valence-corrected chi connectivity index (χ0v) is 24.9. The zero-order valence-electron chi connectivity index (χ0n) is 24.9. The zero-order chi connectivity index (χ0) is 31.2. The summed E-state index contributed by atoms with van der Waals surface area (Å²) in [5.74, 6) is -0.727. The number of nitrogen functional groups attached to an aromatic ring is 1. The molecule has 5 aliphatic heterocycles. The van der Waals surface area contributed by atoms with Gasteiger partial charge in [-0.05, 0) is 70.0 Å². The molecule has 8 rings (SSSR count). The van der Waals surface area contributed by atoms with E-state index in [-0.39, 0.29) is 47.6 Å². The Bertz CT molecular complexity index is 1690. The Labute approximate surface area is 256 Å². The molecule has 0 unspecified atom stereocenters. The first-order valence-corrected chi connectivity index (χ1v) is 15.8. The Hall–Kier alpha value is -3.39. The van der Waals surface area contributed by atoms with Crippen molar-refractivity contribution in [2.45, 2.75) is 94.3 Å². The molecule has 5 aliphatic rings. The molecule has 2 bridgehead atoms. The second-order valence-corrected chi connectivity index (χ2v) is 13.4. The molecule has 9 nitrogen and oxygen atoms in total. The van der Waals surface area contributed by atoms with Crippen LogP contribution < -0.4 is 20.7 Å². The number of nitrogens with one attached hydrogen (secondary N) is 1. The van der Waals surface area contributed by atoms with Gasteiger partial charge in [-0.25, -0.2) is 18.7 Å². The number of nitrogens with zero attached hydrogens (tertiary/aromatic N) is 6. The van der Waals surface area contributed by atoms with Crippen molar-refractivity contribution in [2.24, 2.45) is 0 Å². The Morgan fingerprint density at radius 1 is 1.09 bits per heavy atom. The van der Waals surface area contributed by atoms with Gasteiger partial charge in [0.2, 0.25) is 0 Å². The third-order valence-electron chi connectivity index (χ3n) is 10.5. The van der Waals surface area contributed by atoms with Gasteiger partial charge in [0.05, 0.1) is 22.2 Å². The van der Waals surface area contributed by atoms with Crippen LogP contribution in [0.15, 0.2) is 6.07 Å². The molecule has 5 atom stereocenters. The fraction of sp³-hybridized carbons (Fsp3) is 0.613. The number of piperazine rings is 1. The number of pyridine rings is 2. The lowest BCUT2D eigenvalue weighted by atomic mass is 9.94. The van der Waals surface area contributed by atoms with E-state index in [0.29, 0.717) is 49.2 Å². The first-order chi connectivity index (χ1) is 21.5. The predicted molar refractivity (Wildman–Crippen MR) is 157 cm³/mol. The van der Waals surface area contributed by atoms with E-state index < -0.39 is 40.7 Å². The number of hydrogen-bond acceptors (Lipinski definition) is 9. The van der Waals surface area contributed by atoms with Crippen LogP contribution in [0.1, 0.15) is 61.8 Å². The molecule has 45 heavy (non-hydrogen) atoms. The first kappa shape index (κ1) is 29.0. The van der Waals surface area contributed by atoms with Crippen LogP contribution in [0, 0.1) is 12.7 Å². The average molecular weight is 631 g/mol. The van der Waals surface area contributed by atoms with Crippen LogP contribution in [0.3, 0.4) is 0 Å². The molecule has 4 saturated heterocycles. The molecule has 0 radical (unpaired) electrons. The van der Waals surface area contributed by atoms with Gasteiger partial charge >= 0.3 is 12.2 Å². The molecule has 0 spiro atoms. The summed E-state index contributed by atoms with van der Waals surface area (Å²) in [5.41, 5.74) is 3.17. The number of aromatic nitrogens is 4. The van der Waals surface area contributed by atoms with E-state index in [0.717, 1.165) is 44.7 Å². The second-order valence-electron chi connectivity index (χ2n) is 13.4. The van der Waals surface area contributed by atoms with Crippen molar-refractivity contribution in [3.8, 4) is 17.4 Å². The summed E-state index contributed by atoms with van der Waals surface area (Å²) >= 11 is 0. The van der Waals surface area contributed by atoms with Gasteiger partial charge in [-0.15, -0.1) is 0 Å². The number of nitrogens with two attached hydrogens (primary N) is 1. The summed E-state index contributed by atoms with van der Waals surface area (Å²) in [6.07, 6.45) is 0.187. The Balaban J connectivity index is 1.32. The van der Waals surface area contributed by atoms with Gasteiger partial charge in [0.15, 0.2) is 5.82 Å². The Morgan fingerprint density at radius 2 is 1.93 bits per heavy atom. The average Bonchev–Trinajstić information content (AvgIpc) is 3.63. The van der Waals surface area contributed by atoms with Crippen molar-refractivity contribution in [1.29, 1.82) is 0 Å².